The van der Waals surface area contributed by atoms with E-state index < -0.39 is 0 Å². The van der Waals surface area contributed by atoms with Crippen molar-refractivity contribution in [2.75, 3.05) is 0 Å². The molecule has 1 amide bonds. The largest absolute Gasteiger partial charge is 0.346 e. The van der Waals surface area contributed by atoms with Gasteiger partial charge in [0.05, 0.1) is 5.54 Å². The average molecular weight is 209 g/mol. The SMILES string of the molecule is CC(C)(NC(=O)C1CC1)c1cccs1. The predicted molar refractivity (Wildman–Crippen MR) is 58.2 cm³/mol. The second kappa shape index (κ2) is 3.39. The molecule has 0 aliphatic heterocycles. The van der Waals surface area contributed by atoms with E-state index in [0.29, 0.717) is 0 Å². The summed E-state index contributed by atoms with van der Waals surface area (Å²) in [5, 5.41) is 5.13. The highest BCUT2D eigenvalue weighted by Gasteiger charge is 2.33. The van der Waals surface area contributed by atoms with E-state index in [1.54, 1.807) is 11.3 Å². The number of thiophene rings is 1. The quantitative estimate of drug-likeness (QED) is 0.814. The normalized spacial score (nSPS) is 16.7. The molecule has 1 saturated carbocycles. The summed E-state index contributed by atoms with van der Waals surface area (Å²) in [6.07, 6.45) is 2.12. The number of hydrogen-bond donors (Lipinski definition) is 1. The number of carbonyl (C=O) groups is 1. The standard InChI is InChI=1S/C11H15NOS/c1-11(2,9-4-3-7-14-9)12-10(13)8-5-6-8/h3-4,7-8H,5-6H2,1-2H3,(H,12,13). The van der Waals surface area contributed by atoms with Crippen molar-refractivity contribution in [2.45, 2.75) is 32.2 Å². The van der Waals surface area contributed by atoms with Crippen LogP contribution < -0.4 is 5.32 Å². The third-order valence-corrected chi connectivity index (χ3v) is 3.71. The smallest absolute Gasteiger partial charge is 0.223 e. The molecule has 76 valence electrons. The van der Waals surface area contributed by atoms with Crippen LogP contribution >= 0.6 is 11.3 Å². The van der Waals surface area contributed by atoms with Crippen LogP contribution in [-0.4, -0.2) is 5.91 Å². The molecular weight excluding hydrogens is 194 g/mol. The highest BCUT2D eigenvalue weighted by atomic mass is 32.1. The fraction of sp³-hybridized carbons (Fsp3) is 0.545. The third kappa shape index (κ3) is 1.98. The van der Waals surface area contributed by atoms with Crippen molar-refractivity contribution in [1.29, 1.82) is 0 Å². The van der Waals surface area contributed by atoms with Gasteiger partial charge in [-0.2, -0.15) is 0 Å². The molecule has 0 spiro atoms. The van der Waals surface area contributed by atoms with Crippen LogP contribution in [0.25, 0.3) is 0 Å². The second-order valence-electron chi connectivity index (χ2n) is 4.37. The lowest BCUT2D eigenvalue weighted by Crippen LogP contribution is -2.41. The highest BCUT2D eigenvalue weighted by molar-refractivity contribution is 7.10. The van der Waals surface area contributed by atoms with Crippen molar-refractivity contribution >= 4 is 17.2 Å². The van der Waals surface area contributed by atoms with Gasteiger partial charge in [0.15, 0.2) is 0 Å². The summed E-state index contributed by atoms with van der Waals surface area (Å²) in [6, 6.07) is 4.09. The first-order valence-corrected chi connectivity index (χ1v) is 5.83. The first-order chi connectivity index (χ1) is 6.59. The van der Waals surface area contributed by atoms with Gasteiger partial charge in [0.1, 0.15) is 0 Å². The molecular formula is C11H15NOS. The van der Waals surface area contributed by atoms with Gasteiger partial charge in [0, 0.05) is 10.8 Å². The molecule has 0 unspecified atom stereocenters. The number of nitrogens with one attached hydrogen (secondary N) is 1. The lowest BCUT2D eigenvalue weighted by atomic mass is 10.0. The zero-order valence-corrected chi connectivity index (χ0v) is 9.36. The fourth-order valence-corrected chi connectivity index (χ4v) is 2.26. The van der Waals surface area contributed by atoms with Crippen LogP contribution in [0.4, 0.5) is 0 Å². The average Bonchev–Trinajstić information content (AvgIpc) is 2.80. The van der Waals surface area contributed by atoms with E-state index in [-0.39, 0.29) is 17.4 Å². The zero-order valence-electron chi connectivity index (χ0n) is 8.54. The molecule has 1 aromatic rings. The summed E-state index contributed by atoms with van der Waals surface area (Å²) < 4.78 is 0. The molecule has 1 N–H and O–H groups in total. The number of hydrogen-bond acceptors (Lipinski definition) is 2. The van der Waals surface area contributed by atoms with Gasteiger partial charge >= 0.3 is 0 Å². The molecule has 0 aromatic carbocycles. The molecule has 0 bridgehead atoms. The fourth-order valence-electron chi connectivity index (χ4n) is 1.45. The molecule has 1 aliphatic carbocycles. The maximum atomic E-state index is 11.6. The Kier molecular flexibility index (Phi) is 2.35. The second-order valence-corrected chi connectivity index (χ2v) is 5.31. The van der Waals surface area contributed by atoms with Crippen LogP contribution in [0.5, 0.6) is 0 Å². The summed E-state index contributed by atoms with van der Waals surface area (Å²) >= 11 is 1.69. The Morgan fingerprint density at radius 3 is 2.79 bits per heavy atom. The van der Waals surface area contributed by atoms with E-state index >= 15 is 0 Å². The zero-order chi connectivity index (χ0) is 10.2. The van der Waals surface area contributed by atoms with Gasteiger partial charge in [-0.1, -0.05) is 6.07 Å². The first-order valence-electron chi connectivity index (χ1n) is 4.95. The summed E-state index contributed by atoms with van der Waals surface area (Å²) in [5.41, 5.74) is -0.214. The molecule has 0 saturated heterocycles. The number of rotatable bonds is 3. The number of carbonyl (C=O) groups excluding carboxylic acids is 1. The van der Waals surface area contributed by atoms with Gasteiger partial charge < -0.3 is 5.32 Å². The van der Waals surface area contributed by atoms with Crippen molar-refractivity contribution < 1.29 is 4.79 Å². The molecule has 1 heterocycles. The predicted octanol–water partition coefficient (Wildman–Crippen LogP) is 2.51. The lowest BCUT2D eigenvalue weighted by molar-refractivity contribution is -0.123. The lowest BCUT2D eigenvalue weighted by Gasteiger charge is -2.25. The van der Waals surface area contributed by atoms with Crippen LogP contribution in [0.1, 0.15) is 31.6 Å². The van der Waals surface area contributed by atoms with Crippen LogP contribution in [-0.2, 0) is 10.3 Å². The molecule has 14 heavy (non-hydrogen) atoms. The maximum absolute atomic E-state index is 11.6. The minimum absolute atomic E-state index is 0.211. The van der Waals surface area contributed by atoms with Crippen LogP contribution in [0.3, 0.4) is 0 Å². The Morgan fingerprint density at radius 1 is 1.57 bits per heavy atom. The highest BCUT2D eigenvalue weighted by Crippen LogP contribution is 2.31. The van der Waals surface area contributed by atoms with Gasteiger partial charge in [-0.25, -0.2) is 0 Å². The van der Waals surface area contributed by atoms with Crippen LogP contribution in [0.2, 0.25) is 0 Å². The molecule has 1 aromatic heterocycles. The Labute approximate surface area is 88.3 Å². The van der Waals surface area contributed by atoms with E-state index in [0.717, 1.165) is 12.8 Å². The topological polar surface area (TPSA) is 29.1 Å². The summed E-state index contributed by atoms with van der Waals surface area (Å²) in [4.78, 5) is 12.8. The Hall–Kier alpha value is -0.830. The Balaban J connectivity index is 2.04. The number of amides is 1. The summed E-state index contributed by atoms with van der Waals surface area (Å²) in [7, 11) is 0. The van der Waals surface area contributed by atoms with Gasteiger partial charge in [-0.3, -0.25) is 4.79 Å². The van der Waals surface area contributed by atoms with Gasteiger partial charge in [0.25, 0.3) is 0 Å². The molecule has 3 heteroatoms. The van der Waals surface area contributed by atoms with Crippen molar-refractivity contribution in [3.05, 3.63) is 22.4 Å². The minimum atomic E-state index is -0.214. The van der Waals surface area contributed by atoms with E-state index in [2.05, 4.69) is 25.2 Å². The van der Waals surface area contributed by atoms with Gasteiger partial charge in [-0.05, 0) is 38.1 Å². The molecule has 1 aliphatic rings. The molecule has 2 rings (SSSR count). The van der Waals surface area contributed by atoms with Crippen LogP contribution in [0.15, 0.2) is 17.5 Å². The Bertz CT molecular complexity index is 325. The molecule has 1 fully saturated rings. The van der Waals surface area contributed by atoms with E-state index in [1.807, 2.05) is 11.4 Å². The first kappa shape index (κ1) is 9.71. The third-order valence-electron chi connectivity index (χ3n) is 2.52. The minimum Gasteiger partial charge on any atom is -0.346 e. The molecule has 2 nitrogen and oxygen atoms in total. The van der Waals surface area contributed by atoms with Gasteiger partial charge in [-0.15, -0.1) is 11.3 Å². The summed E-state index contributed by atoms with van der Waals surface area (Å²) in [5.74, 6) is 0.498. The molecule has 0 atom stereocenters. The van der Waals surface area contributed by atoms with E-state index in [1.165, 1.54) is 4.88 Å². The van der Waals surface area contributed by atoms with Crippen molar-refractivity contribution in [3.8, 4) is 0 Å². The van der Waals surface area contributed by atoms with E-state index in [9.17, 15) is 4.79 Å². The maximum Gasteiger partial charge on any atom is 0.223 e. The monoisotopic (exact) mass is 209 g/mol. The van der Waals surface area contributed by atoms with Gasteiger partial charge in [0.2, 0.25) is 5.91 Å². The summed E-state index contributed by atoms with van der Waals surface area (Å²) in [6.45, 7) is 4.11. The van der Waals surface area contributed by atoms with Crippen molar-refractivity contribution in [1.82, 2.24) is 5.32 Å². The van der Waals surface area contributed by atoms with Crippen molar-refractivity contribution in [2.24, 2.45) is 5.92 Å². The Morgan fingerprint density at radius 2 is 2.29 bits per heavy atom. The van der Waals surface area contributed by atoms with Crippen LogP contribution in [0, 0.1) is 5.92 Å². The molecule has 0 radical (unpaired) electrons. The van der Waals surface area contributed by atoms with E-state index in [4.69, 9.17) is 0 Å². The van der Waals surface area contributed by atoms with Crippen molar-refractivity contribution in [3.63, 3.8) is 0 Å².